The Balaban J connectivity index is 1.96. The molecular formula is C20H20N2O7. The standard InChI is InChI=1S/C20H20N2O7/c1-11(23)21-5-4-12-6-16(26-2)17(27-3)7-13(12)20(21)14-8-18-19(29-10-28-18)9-15(14)22(24)25/h6-9,20H,4-5,10H2,1-3H3/t20-/m0/s1. The molecule has 0 saturated heterocycles. The molecule has 9 nitrogen and oxygen atoms in total. The summed E-state index contributed by atoms with van der Waals surface area (Å²) < 4.78 is 21.6. The monoisotopic (exact) mass is 400 g/mol. The maximum atomic E-state index is 12.4. The molecule has 0 fully saturated rings. The second kappa shape index (κ2) is 7.16. The summed E-state index contributed by atoms with van der Waals surface area (Å²) in [6, 6.07) is 5.92. The SMILES string of the molecule is COc1cc2c(cc1OC)[C@@H](c1cc3c(cc1[N+](=O)[O-])OCO3)N(C(C)=O)CC2. The van der Waals surface area contributed by atoms with Crippen molar-refractivity contribution in [2.45, 2.75) is 19.4 Å². The Morgan fingerprint density at radius 2 is 1.76 bits per heavy atom. The third-order valence-corrected chi connectivity index (χ3v) is 5.29. The van der Waals surface area contributed by atoms with Crippen LogP contribution in [0.1, 0.15) is 29.7 Å². The number of benzene rings is 2. The minimum Gasteiger partial charge on any atom is -0.493 e. The van der Waals surface area contributed by atoms with Gasteiger partial charge in [0.15, 0.2) is 23.0 Å². The molecule has 2 aliphatic rings. The molecule has 0 aromatic heterocycles. The van der Waals surface area contributed by atoms with E-state index in [9.17, 15) is 14.9 Å². The number of hydrogen-bond acceptors (Lipinski definition) is 7. The van der Waals surface area contributed by atoms with Gasteiger partial charge in [-0.2, -0.15) is 0 Å². The Morgan fingerprint density at radius 1 is 1.10 bits per heavy atom. The van der Waals surface area contributed by atoms with Gasteiger partial charge in [0.05, 0.1) is 36.8 Å². The number of nitro groups is 1. The van der Waals surface area contributed by atoms with Gasteiger partial charge in [0, 0.05) is 13.5 Å². The lowest BCUT2D eigenvalue weighted by Gasteiger charge is -2.37. The third kappa shape index (κ3) is 3.08. The van der Waals surface area contributed by atoms with E-state index in [1.54, 1.807) is 24.1 Å². The number of fused-ring (bicyclic) bond motifs is 2. The molecule has 2 aromatic carbocycles. The molecule has 0 radical (unpaired) electrons. The fourth-order valence-electron chi connectivity index (χ4n) is 3.94. The molecule has 152 valence electrons. The van der Waals surface area contributed by atoms with Crippen LogP contribution in [0.3, 0.4) is 0 Å². The Morgan fingerprint density at radius 3 is 2.38 bits per heavy atom. The molecule has 1 amide bonds. The fourth-order valence-corrected chi connectivity index (χ4v) is 3.94. The Bertz CT molecular complexity index is 1000. The van der Waals surface area contributed by atoms with Gasteiger partial charge in [-0.15, -0.1) is 0 Å². The van der Waals surface area contributed by atoms with E-state index in [1.807, 2.05) is 6.07 Å². The van der Waals surface area contributed by atoms with E-state index >= 15 is 0 Å². The summed E-state index contributed by atoms with van der Waals surface area (Å²) in [6.45, 7) is 1.88. The summed E-state index contributed by atoms with van der Waals surface area (Å²) in [5.74, 6) is 1.62. The number of hydrogen-bond donors (Lipinski definition) is 0. The first-order chi connectivity index (χ1) is 13.9. The molecule has 2 heterocycles. The van der Waals surface area contributed by atoms with Gasteiger partial charge in [-0.25, -0.2) is 0 Å². The Labute approximate surface area is 166 Å². The van der Waals surface area contributed by atoms with Crippen LogP contribution < -0.4 is 18.9 Å². The highest BCUT2D eigenvalue weighted by atomic mass is 16.7. The number of carbonyl (C=O) groups is 1. The molecule has 9 heteroatoms. The summed E-state index contributed by atoms with van der Waals surface area (Å²) in [5.41, 5.74) is 1.93. The van der Waals surface area contributed by atoms with Crippen LogP contribution >= 0.6 is 0 Å². The average Bonchev–Trinajstić information content (AvgIpc) is 3.18. The highest BCUT2D eigenvalue weighted by Gasteiger charge is 2.37. The molecule has 0 aliphatic carbocycles. The lowest BCUT2D eigenvalue weighted by atomic mass is 9.86. The van der Waals surface area contributed by atoms with Crippen LogP contribution in [0.5, 0.6) is 23.0 Å². The largest absolute Gasteiger partial charge is 0.493 e. The van der Waals surface area contributed by atoms with Crippen molar-refractivity contribution in [3.05, 3.63) is 51.1 Å². The number of rotatable bonds is 4. The first-order valence-electron chi connectivity index (χ1n) is 9.04. The van der Waals surface area contributed by atoms with Gasteiger partial charge in [-0.1, -0.05) is 0 Å². The van der Waals surface area contributed by atoms with Crippen molar-refractivity contribution in [1.29, 1.82) is 0 Å². The summed E-state index contributed by atoms with van der Waals surface area (Å²) in [7, 11) is 3.07. The van der Waals surface area contributed by atoms with Crippen molar-refractivity contribution in [3.63, 3.8) is 0 Å². The summed E-state index contributed by atoms with van der Waals surface area (Å²) >= 11 is 0. The van der Waals surface area contributed by atoms with Crippen LogP contribution in [0.4, 0.5) is 5.69 Å². The van der Waals surface area contributed by atoms with Crippen LogP contribution in [-0.4, -0.2) is 43.3 Å². The van der Waals surface area contributed by atoms with E-state index in [2.05, 4.69) is 0 Å². The molecule has 0 N–H and O–H groups in total. The first-order valence-corrected chi connectivity index (χ1v) is 9.04. The van der Waals surface area contributed by atoms with Gasteiger partial charge < -0.3 is 23.8 Å². The molecule has 0 unspecified atom stereocenters. The zero-order valence-electron chi connectivity index (χ0n) is 16.3. The second-order valence-electron chi connectivity index (χ2n) is 6.79. The lowest BCUT2D eigenvalue weighted by molar-refractivity contribution is -0.385. The van der Waals surface area contributed by atoms with Crippen molar-refractivity contribution in [3.8, 4) is 23.0 Å². The summed E-state index contributed by atoms with van der Waals surface area (Å²) in [6.07, 6.45) is 0.601. The van der Waals surface area contributed by atoms with Crippen molar-refractivity contribution in [1.82, 2.24) is 4.90 Å². The minimum atomic E-state index is -0.661. The molecule has 2 aliphatic heterocycles. The number of ether oxygens (including phenoxy) is 4. The van der Waals surface area contributed by atoms with Gasteiger partial charge in [0.25, 0.3) is 5.69 Å². The third-order valence-electron chi connectivity index (χ3n) is 5.29. The van der Waals surface area contributed by atoms with Crippen molar-refractivity contribution in [2.75, 3.05) is 27.6 Å². The molecular weight excluding hydrogens is 380 g/mol. The van der Waals surface area contributed by atoms with Crippen molar-refractivity contribution < 1.29 is 28.7 Å². The quantitative estimate of drug-likeness (QED) is 0.575. The second-order valence-corrected chi connectivity index (χ2v) is 6.79. The van der Waals surface area contributed by atoms with Gasteiger partial charge >= 0.3 is 0 Å². The molecule has 0 saturated carbocycles. The van der Waals surface area contributed by atoms with E-state index in [-0.39, 0.29) is 18.4 Å². The average molecular weight is 400 g/mol. The smallest absolute Gasteiger partial charge is 0.279 e. The lowest BCUT2D eigenvalue weighted by Crippen LogP contribution is -2.39. The molecule has 29 heavy (non-hydrogen) atoms. The van der Waals surface area contributed by atoms with E-state index in [1.165, 1.54) is 20.1 Å². The number of nitrogens with zero attached hydrogens (tertiary/aromatic N) is 2. The fraction of sp³-hybridized carbons (Fsp3) is 0.350. The van der Waals surface area contributed by atoms with Crippen molar-refractivity contribution >= 4 is 11.6 Å². The highest BCUT2D eigenvalue weighted by molar-refractivity contribution is 5.76. The predicted molar refractivity (Wildman–Crippen MR) is 102 cm³/mol. The summed E-state index contributed by atoms with van der Waals surface area (Å²) in [5, 5.41) is 11.8. The zero-order valence-corrected chi connectivity index (χ0v) is 16.3. The Kier molecular flexibility index (Phi) is 4.65. The van der Waals surface area contributed by atoms with E-state index in [0.29, 0.717) is 41.5 Å². The van der Waals surface area contributed by atoms with Gasteiger partial charge in [0.2, 0.25) is 12.7 Å². The number of methoxy groups -OCH3 is 2. The van der Waals surface area contributed by atoms with E-state index in [0.717, 1.165) is 11.1 Å². The summed E-state index contributed by atoms with van der Waals surface area (Å²) in [4.78, 5) is 25.4. The molecule has 4 rings (SSSR count). The topological polar surface area (TPSA) is 100 Å². The zero-order chi connectivity index (χ0) is 20.7. The van der Waals surface area contributed by atoms with Crippen LogP contribution in [0.2, 0.25) is 0 Å². The van der Waals surface area contributed by atoms with Crippen LogP contribution in [0.15, 0.2) is 24.3 Å². The van der Waals surface area contributed by atoms with Gasteiger partial charge in [-0.3, -0.25) is 14.9 Å². The highest BCUT2D eigenvalue weighted by Crippen LogP contribution is 2.47. The van der Waals surface area contributed by atoms with Crippen LogP contribution in [0.25, 0.3) is 0 Å². The predicted octanol–water partition coefficient (Wildman–Crippen LogP) is 2.83. The van der Waals surface area contributed by atoms with Gasteiger partial charge in [0.1, 0.15) is 0 Å². The Hall–Kier alpha value is -3.49. The van der Waals surface area contributed by atoms with E-state index < -0.39 is 11.0 Å². The van der Waals surface area contributed by atoms with Crippen molar-refractivity contribution in [2.24, 2.45) is 0 Å². The molecule has 0 bridgehead atoms. The van der Waals surface area contributed by atoms with E-state index in [4.69, 9.17) is 18.9 Å². The van der Waals surface area contributed by atoms with Crippen LogP contribution in [-0.2, 0) is 11.2 Å². The number of amides is 1. The number of carbonyl (C=O) groups excluding carboxylic acids is 1. The maximum Gasteiger partial charge on any atom is 0.279 e. The normalized spacial score (nSPS) is 16.9. The maximum absolute atomic E-state index is 12.4. The van der Waals surface area contributed by atoms with Crippen LogP contribution in [0, 0.1) is 10.1 Å². The molecule has 1 atom stereocenters. The first kappa shape index (κ1) is 18.9. The molecule has 0 spiro atoms. The van der Waals surface area contributed by atoms with Gasteiger partial charge in [-0.05, 0) is 35.7 Å². The molecule has 2 aromatic rings. The number of nitro benzene ring substituents is 1. The minimum absolute atomic E-state index is 0.00135.